The van der Waals surface area contributed by atoms with Crippen molar-refractivity contribution in [1.29, 1.82) is 0 Å². The number of aliphatic imine (C=N–C) groups is 1. The minimum Gasteiger partial charge on any atom is -0.370 e. The van der Waals surface area contributed by atoms with E-state index in [1.807, 2.05) is 18.3 Å². The Bertz CT molecular complexity index is 421. The molecule has 0 saturated heterocycles. The number of hydrogen-bond donors (Lipinski definition) is 2. The SMILES string of the molecule is CC(C)CNC(N)=NCC1(c2ccccn2)CCC1. The van der Waals surface area contributed by atoms with Crippen molar-refractivity contribution >= 4 is 5.96 Å². The van der Waals surface area contributed by atoms with Crippen LogP contribution in [0.25, 0.3) is 0 Å². The molecule has 1 aromatic heterocycles. The van der Waals surface area contributed by atoms with Gasteiger partial charge in [-0.2, -0.15) is 0 Å². The molecule has 1 heterocycles. The average Bonchev–Trinajstić information content (AvgIpc) is 2.36. The normalized spacial score (nSPS) is 18.2. The van der Waals surface area contributed by atoms with E-state index in [9.17, 15) is 0 Å². The third kappa shape index (κ3) is 3.46. The molecule has 1 aliphatic rings. The first-order valence-electron chi connectivity index (χ1n) is 7.08. The second-order valence-electron chi connectivity index (χ2n) is 5.83. The van der Waals surface area contributed by atoms with Gasteiger partial charge in [-0.1, -0.05) is 26.3 Å². The highest BCUT2D eigenvalue weighted by atomic mass is 15.1. The highest BCUT2D eigenvalue weighted by Gasteiger charge is 2.39. The molecule has 0 radical (unpaired) electrons. The average molecular weight is 260 g/mol. The van der Waals surface area contributed by atoms with E-state index < -0.39 is 0 Å². The molecule has 104 valence electrons. The summed E-state index contributed by atoms with van der Waals surface area (Å²) >= 11 is 0. The van der Waals surface area contributed by atoms with Gasteiger partial charge in [0.15, 0.2) is 5.96 Å². The number of nitrogens with zero attached hydrogens (tertiary/aromatic N) is 2. The fourth-order valence-electron chi connectivity index (χ4n) is 2.38. The van der Waals surface area contributed by atoms with Crippen LogP contribution in [0.1, 0.15) is 38.8 Å². The van der Waals surface area contributed by atoms with E-state index in [1.54, 1.807) is 0 Å². The Labute approximate surface area is 115 Å². The molecule has 1 fully saturated rings. The van der Waals surface area contributed by atoms with Gasteiger partial charge in [-0.05, 0) is 30.9 Å². The number of nitrogens with two attached hydrogens (primary N) is 1. The van der Waals surface area contributed by atoms with E-state index in [1.165, 1.54) is 6.42 Å². The molecule has 3 N–H and O–H groups in total. The van der Waals surface area contributed by atoms with Crippen molar-refractivity contribution in [3.8, 4) is 0 Å². The third-order valence-corrected chi connectivity index (χ3v) is 3.76. The minimum atomic E-state index is 0.116. The molecule has 0 aromatic carbocycles. The van der Waals surface area contributed by atoms with Gasteiger partial charge in [0.05, 0.1) is 6.54 Å². The maximum Gasteiger partial charge on any atom is 0.188 e. The lowest BCUT2D eigenvalue weighted by Crippen LogP contribution is -2.41. The number of pyridine rings is 1. The maximum atomic E-state index is 5.90. The first-order chi connectivity index (χ1) is 9.12. The molecule has 0 spiro atoms. The largest absolute Gasteiger partial charge is 0.370 e. The number of rotatable bonds is 5. The summed E-state index contributed by atoms with van der Waals surface area (Å²) in [5.41, 5.74) is 7.18. The lowest BCUT2D eigenvalue weighted by atomic mass is 9.66. The van der Waals surface area contributed by atoms with Crippen molar-refractivity contribution in [2.24, 2.45) is 16.6 Å². The molecule has 0 bridgehead atoms. The van der Waals surface area contributed by atoms with Crippen molar-refractivity contribution in [2.45, 2.75) is 38.5 Å². The molecule has 0 atom stereocenters. The van der Waals surface area contributed by atoms with Crippen LogP contribution in [0.3, 0.4) is 0 Å². The van der Waals surface area contributed by atoms with E-state index in [0.29, 0.717) is 11.9 Å². The molecule has 0 aliphatic heterocycles. The number of guanidine groups is 1. The van der Waals surface area contributed by atoms with E-state index in [4.69, 9.17) is 5.73 Å². The maximum absolute atomic E-state index is 5.90. The standard InChI is InChI=1S/C15H24N4/c1-12(2)10-18-14(16)19-11-15(7-5-8-15)13-6-3-4-9-17-13/h3-4,6,9,12H,5,7-8,10-11H2,1-2H3,(H3,16,18,19). The zero-order chi connectivity index (χ0) is 13.7. The first-order valence-corrected chi connectivity index (χ1v) is 7.08. The predicted octanol–water partition coefficient (Wildman–Crippen LogP) is 2.06. The second kappa shape index (κ2) is 6.04. The molecule has 4 nitrogen and oxygen atoms in total. The minimum absolute atomic E-state index is 0.116. The smallest absolute Gasteiger partial charge is 0.188 e. The summed E-state index contributed by atoms with van der Waals surface area (Å²) in [6, 6.07) is 6.11. The van der Waals surface area contributed by atoms with Crippen LogP contribution in [0.2, 0.25) is 0 Å². The number of hydrogen-bond acceptors (Lipinski definition) is 2. The molecule has 2 rings (SSSR count). The van der Waals surface area contributed by atoms with Crippen LogP contribution in [-0.4, -0.2) is 24.0 Å². The highest BCUT2D eigenvalue weighted by molar-refractivity contribution is 5.77. The van der Waals surface area contributed by atoms with E-state index in [2.05, 4.69) is 35.2 Å². The van der Waals surface area contributed by atoms with Gasteiger partial charge in [0.25, 0.3) is 0 Å². The van der Waals surface area contributed by atoms with Crippen LogP contribution >= 0.6 is 0 Å². The third-order valence-electron chi connectivity index (χ3n) is 3.76. The molecule has 1 aromatic rings. The Balaban J connectivity index is 1.98. The van der Waals surface area contributed by atoms with Crippen molar-refractivity contribution in [3.05, 3.63) is 30.1 Å². The van der Waals surface area contributed by atoms with E-state index in [-0.39, 0.29) is 5.41 Å². The Kier molecular flexibility index (Phi) is 4.40. The van der Waals surface area contributed by atoms with Gasteiger partial charge in [-0.15, -0.1) is 0 Å². The summed E-state index contributed by atoms with van der Waals surface area (Å²) in [4.78, 5) is 9.00. The predicted molar refractivity (Wildman–Crippen MR) is 79.1 cm³/mol. The van der Waals surface area contributed by atoms with E-state index in [0.717, 1.165) is 31.6 Å². The van der Waals surface area contributed by atoms with Crippen molar-refractivity contribution in [2.75, 3.05) is 13.1 Å². The quantitative estimate of drug-likeness (QED) is 0.629. The Morgan fingerprint density at radius 1 is 1.47 bits per heavy atom. The molecule has 1 aliphatic carbocycles. The number of nitrogens with one attached hydrogen (secondary N) is 1. The van der Waals surface area contributed by atoms with Crippen LogP contribution in [0.15, 0.2) is 29.4 Å². The van der Waals surface area contributed by atoms with Gasteiger partial charge >= 0.3 is 0 Å². The van der Waals surface area contributed by atoms with Crippen LogP contribution in [-0.2, 0) is 5.41 Å². The van der Waals surface area contributed by atoms with E-state index >= 15 is 0 Å². The monoisotopic (exact) mass is 260 g/mol. The van der Waals surface area contributed by atoms with Gasteiger partial charge in [0, 0.05) is 23.9 Å². The fraction of sp³-hybridized carbons (Fsp3) is 0.600. The van der Waals surface area contributed by atoms with Crippen LogP contribution in [0.4, 0.5) is 0 Å². The number of aromatic nitrogens is 1. The Morgan fingerprint density at radius 2 is 2.26 bits per heavy atom. The highest BCUT2D eigenvalue weighted by Crippen LogP contribution is 2.42. The lowest BCUT2D eigenvalue weighted by molar-refractivity contribution is 0.246. The van der Waals surface area contributed by atoms with Gasteiger partial charge in [-0.25, -0.2) is 0 Å². The summed E-state index contributed by atoms with van der Waals surface area (Å²) in [5.74, 6) is 1.12. The molecule has 4 heteroatoms. The van der Waals surface area contributed by atoms with Gasteiger partial charge in [-0.3, -0.25) is 9.98 Å². The Morgan fingerprint density at radius 3 is 2.79 bits per heavy atom. The fourth-order valence-corrected chi connectivity index (χ4v) is 2.38. The zero-order valence-corrected chi connectivity index (χ0v) is 11.9. The lowest BCUT2D eigenvalue weighted by Gasteiger charge is -2.40. The molecular weight excluding hydrogens is 236 g/mol. The van der Waals surface area contributed by atoms with Crippen molar-refractivity contribution < 1.29 is 0 Å². The molecular formula is C15H24N4. The van der Waals surface area contributed by atoms with Crippen LogP contribution in [0, 0.1) is 5.92 Å². The molecule has 19 heavy (non-hydrogen) atoms. The second-order valence-corrected chi connectivity index (χ2v) is 5.83. The van der Waals surface area contributed by atoms with Gasteiger partial charge < -0.3 is 11.1 Å². The van der Waals surface area contributed by atoms with Crippen LogP contribution < -0.4 is 11.1 Å². The Hall–Kier alpha value is -1.58. The first kappa shape index (κ1) is 13.8. The van der Waals surface area contributed by atoms with Crippen molar-refractivity contribution in [3.63, 3.8) is 0 Å². The summed E-state index contributed by atoms with van der Waals surface area (Å²) in [7, 11) is 0. The van der Waals surface area contributed by atoms with Gasteiger partial charge in [0.2, 0.25) is 0 Å². The summed E-state index contributed by atoms with van der Waals surface area (Å²) in [6.07, 6.45) is 5.43. The molecule has 0 amide bonds. The summed E-state index contributed by atoms with van der Waals surface area (Å²) in [6.45, 7) is 5.91. The summed E-state index contributed by atoms with van der Waals surface area (Å²) < 4.78 is 0. The molecule has 1 saturated carbocycles. The molecule has 0 unspecified atom stereocenters. The van der Waals surface area contributed by atoms with Crippen molar-refractivity contribution in [1.82, 2.24) is 10.3 Å². The van der Waals surface area contributed by atoms with Gasteiger partial charge in [0.1, 0.15) is 0 Å². The van der Waals surface area contributed by atoms with Crippen LogP contribution in [0.5, 0.6) is 0 Å². The zero-order valence-electron chi connectivity index (χ0n) is 11.9. The topological polar surface area (TPSA) is 63.3 Å². The summed E-state index contributed by atoms with van der Waals surface area (Å²) in [5, 5.41) is 3.16.